The number of hydrogen-bond donors (Lipinski definition) is 0. The van der Waals surface area contributed by atoms with E-state index in [1.165, 1.54) is 5.56 Å². The molecule has 2 saturated heterocycles. The van der Waals surface area contributed by atoms with Crippen molar-refractivity contribution in [1.82, 2.24) is 14.8 Å². The van der Waals surface area contributed by atoms with Crippen LogP contribution in [0.15, 0.2) is 24.5 Å². The molecule has 3 rings (SSSR count). The second-order valence-electron chi connectivity index (χ2n) is 5.99. The van der Waals surface area contributed by atoms with Gasteiger partial charge in [-0.05, 0) is 43.9 Å². The third kappa shape index (κ3) is 2.44. The van der Waals surface area contributed by atoms with Crippen molar-refractivity contribution in [3.8, 4) is 0 Å². The number of nitrogens with zero attached hydrogens (tertiary/aromatic N) is 3. The first-order chi connectivity index (χ1) is 9.73. The summed E-state index contributed by atoms with van der Waals surface area (Å²) >= 11 is 0. The van der Waals surface area contributed by atoms with Crippen LogP contribution >= 0.6 is 0 Å². The summed E-state index contributed by atoms with van der Waals surface area (Å²) in [5.41, 5.74) is 1.49. The Bertz CT molecular complexity index is 466. The summed E-state index contributed by atoms with van der Waals surface area (Å²) in [6.07, 6.45) is 7.76. The first-order valence-electron chi connectivity index (χ1n) is 7.65. The molecule has 108 valence electrons. The largest absolute Gasteiger partial charge is 0.337 e. The fourth-order valence-electron chi connectivity index (χ4n) is 3.78. The summed E-state index contributed by atoms with van der Waals surface area (Å²) in [4.78, 5) is 20.7. The van der Waals surface area contributed by atoms with Crippen molar-refractivity contribution in [3.63, 3.8) is 0 Å². The molecule has 0 unspecified atom stereocenters. The molecule has 20 heavy (non-hydrogen) atoms. The predicted octanol–water partition coefficient (Wildman–Crippen LogP) is 2.06. The summed E-state index contributed by atoms with van der Waals surface area (Å²) in [7, 11) is 0. The van der Waals surface area contributed by atoms with Gasteiger partial charge in [-0.15, -0.1) is 0 Å². The van der Waals surface area contributed by atoms with Gasteiger partial charge in [-0.1, -0.05) is 0 Å². The van der Waals surface area contributed by atoms with E-state index < -0.39 is 0 Å². The van der Waals surface area contributed by atoms with E-state index in [0.29, 0.717) is 5.91 Å². The van der Waals surface area contributed by atoms with Gasteiger partial charge >= 0.3 is 0 Å². The Labute approximate surface area is 120 Å². The van der Waals surface area contributed by atoms with Gasteiger partial charge in [-0.25, -0.2) is 0 Å². The van der Waals surface area contributed by atoms with Gasteiger partial charge < -0.3 is 4.90 Å². The zero-order valence-corrected chi connectivity index (χ0v) is 12.2. The van der Waals surface area contributed by atoms with Crippen LogP contribution in [0.5, 0.6) is 0 Å². The number of carbonyl (C=O) groups excluding carboxylic acids is 1. The van der Waals surface area contributed by atoms with Crippen molar-refractivity contribution in [2.24, 2.45) is 0 Å². The van der Waals surface area contributed by atoms with Gasteiger partial charge in [-0.2, -0.15) is 0 Å². The Kier molecular flexibility index (Phi) is 3.74. The Balaban J connectivity index is 1.61. The number of amides is 1. The molecular weight excluding hydrogens is 250 g/mol. The van der Waals surface area contributed by atoms with Crippen molar-refractivity contribution in [2.45, 2.75) is 44.7 Å². The molecule has 4 heteroatoms. The quantitative estimate of drug-likeness (QED) is 0.846. The summed E-state index contributed by atoms with van der Waals surface area (Å²) in [5, 5.41) is 0. The number of pyridine rings is 1. The van der Waals surface area contributed by atoms with E-state index in [2.05, 4.69) is 33.8 Å². The molecule has 4 nitrogen and oxygen atoms in total. The van der Waals surface area contributed by atoms with Crippen LogP contribution in [0.2, 0.25) is 0 Å². The van der Waals surface area contributed by atoms with Crippen LogP contribution in [-0.2, 0) is 11.3 Å². The lowest BCUT2D eigenvalue weighted by Crippen LogP contribution is -2.52. The van der Waals surface area contributed by atoms with Crippen LogP contribution in [-0.4, -0.2) is 45.9 Å². The number of piperidine rings is 1. The SMILES string of the molecule is CCN1C(=O)CCC12CCN(Cc1ccncc1)CC2. The monoisotopic (exact) mass is 273 g/mol. The van der Waals surface area contributed by atoms with Gasteiger partial charge in [0.2, 0.25) is 5.91 Å². The van der Waals surface area contributed by atoms with Crippen LogP contribution < -0.4 is 0 Å². The van der Waals surface area contributed by atoms with E-state index in [9.17, 15) is 4.79 Å². The maximum Gasteiger partial charge on any atom is 0.223 e. The summed E-state index contributed by atoms with van der Waals surface area (Å²) in [5.74, 6) is 0.357. The molecule has 0 bridgehead atoms. The molecule has 3 heterocycles. The molecular formula is C16H23N3O. The third-order valence-corrected chi connectivity index (χ3v) is 4.94. The topological polar surface area (TPSA) is 36.4 Å². The lowest BCUT2D eigenvalue weighted by atomic mass is 9.85. The van der Waals surface area contributed by atoms with Gasteiger partial charge in [0.05, 0.1) is 0 Å². The number of likely N-dealkylation sites (tertiary alicyclic amines) is 2. The Morgan fingerprint density at radius 2 is 1.90 bits per heavy atom. The maximum absolute atomic E-state index is 12.0. The molecule has 0 aliphatic carbocycles. The maximum atomic E-state index is 12.0. The molecule has 0 saturated carbocycles. The summed E-state index contributed by atoms with van der Waals surface area (Å²) < 4.78 is 0. The standard InChI is InChI=1S/C16H23N3O/c1-2-19-15(20)3-6-16(19)7-11-18(12-8-16)13-14-4-9-17-10-5-14/h4-5,9-10H,2-3,6-8,11-13H2,1H3. The van der Waals surface area contributed by atoms with Crippen LogP contribution in [0.4, 0.5) is 0 Å². The zero-order chi connectivity index (χ0) is 14.0. The summed E-state index contributed by atoms with van der Waals surface area (Å²) in [6, 6.07) is 4.17. The van der Waals surface area contributed by atoms with Gasteiger partial charge in [-0.3, -0.25) is 14.7 Å². The summed E-state index contributed by atoms with van der Waals surface area (Å²) in [6.45, 7) is 6.15. The minimum absolute atomic E-state index is 0.167. The molecule has 0 atom stereocenters. The van der Waals surface area contributed by atoms with E-state index in [1.807, 2.05) is 12.4 Å². The molecule has 2 fully saturated rings. The molecule has 2 aliphatic heterocycles. The average Bonchev–Trinajstić information content (AvgIpc) is 2.79. The highest BCUT2D eigenvalue weighted by atomic mass is 16.2. The molecule has 1 aromatic heterocycles. The smallest absolute Gasteiger partial charge is 0.223 e. The molecule has 0 aromatic carbocycles. The first kappa shape index (κ1) is 13.6. The van der Waals surface area contributed by atoms with Crippen LogP contribution in [0.1, 0.15) is 38.2 Å². The molecule has 1 spiro atoms. The predicted molar refractivity (Wildman–Crippen MR) is 78.1 cm³/mol. The lowest BCUT2D eigenvalue weighted by molar-refractivity contribution is -0.132. The molecule has 1 aromatic rings. The highest BCUT2D eigenvalue weighted by molar-refractivity contribution is 5.79. The van der Waals surface area contributed by atoms with Crippen molar-refractivity contribution in [3.05, 3.63) is 30.1 Å². The van der Waals surface area contributed by atoms with Crippen molar-refractivity contribution < 1.29 is 4.79 Å². The lowest BCUT2D eigenvalue weighted by Gasteiger charge is -2.44. The second kappa shape index (κ2) is 5.52. The average molecular weight is 273 g/mol. The van der Waals surface area contributed by atoms with Crippen LogP contribution in [0.3, 0.4) is 0 Å². The fraction of sp³-hybridized carbons (Fsp3) is 0.625. The zero-order valence-electron chi connectivity index (χ0n) is 12.2. The molecule has 2 aliphatic rings. The first-order valence-corrected chi connectivity index (χ1v) is 7.65. The molecule has 0 N–H and O–H groups in total. The molecule has 1 amide bonds. The van der Waals surface area contributed by atoms with Crippen molar-refractivity contribution in [2.75, 3.05) is 19.6 Å². The number of hydrogen-bond acceptors (Lipinski definition) is 3. The minimum atomic E-state index is 0.167. The van der Waals surface area contributed by atoms with Gasteiger partial charge in [0.15, 0.2) is 0 Å². The van der Waals surface area contributed by atoms with E-state index in [0.717, 1.165) is 51.9 Å². The highest BCUT2D eigenvalue weighted by Crippen LogP contribution is 2.39. The van der Waals surface area contributed by atoms with Crippen LogP contribution in [0.25, 0.3) is 0 Å². The number of aromatic nitrogens is 1. The normalized spacial score (nSPS) is 22.6. The third-order valence-electron chi connectivity index (χ3n) is 4.94. The van der Waals surface area contributed by atoms with E-state index in [1.54, 1.807) is 0 Å². The Morgan fingerprint density at radius 3 is 2.55 bits per heavy atom. The van der Waals surface area contributed by atoms with Crippen molar-refractivity contribution >= 4 is 5.91 Å². The van der Waals surface area contributed by atoms with Gasteiger partial charge in [0, 0.05) is 50.5 Å². The van der Waals surface area contributed by atoms with E-state index in [-0.39, 0.29) is 5.54 Å². The Hall–Kier alpha value is -1.42. The van der Waals surface area contributed by atoms with Gasteiger partial charge in [0.1, 0.15) is 0 Å². The number of rotatable bonds is 3. The van der Waals surface area contributed by atoms with Crippen molar-refractivity contribution in [1.29, 1.82) is 0 Å². The fourth-order valence-corrected chi connectivity index (χ4v) is 3.78. The van der Waals surface area contributed by atoms with Crippen LogP contribution in [0, 0.1) is 0 Å². The molecule has 0 radical (unpaired) electrons. The minimum Gasteiger partial charge on any atom is -0.337 e. The second-order valence-corrected chi connectivity index (χ2v) is 5.99. The van der Waals surface area contributed by atoms with Gasteiger partial charge in [0.25, 0.3) is 0 Å². The Morgan fingerprint density at radius 1 is 1.20 bits per heavy atom. The van der Waals surface area contributed by atoms with E-state index >= 15 is 0 Å². The number of carbonyl (C=O) groups is 1. The highest BCUT2D eigenvalue weighted by Gasteiger charge is 2.45. The van der Waals surface area contributed by atoms with E-state index in [4.69, 9.17) is 0 Å².